The van der Waals surface area contributed by atoms with Gasteiger partial charge in [0, 0.05) is 41.0 Å². The van der Waals surface area contributed by atoms with Gasteiger partial charge in [-0.25, -0.2) is 0 Å². The van der Waals surface area contributed by atoms with E-state index in [1.54, 1.807) is 12.1 Å². The van der Waals surface area contributed by atoms with Gasteiger partial charge in [0.1, 0.15) is 29.1 Å². The molecule has 1 heterocycles. The Kier molecular flexibility index (Phi) is 3.15. The van der Waals surface area contributed by atoms with Gasteiger partial charge in [0.15, 0.2) is 5.78 Å². The number of methoxy groups -OCH3 is 1. The van der Waals surface area contributed by atoms with Gasteiger partial charge >= 0.3 is 0 Å². The SMILES string of the molecule is COc1cc(O)c2c3c1-c1c(O)cccc1[C@H]1Oc4ccccc4[C@@H](CC2=O)[C@H]31. The Morgan fingerprint density at radius 2 is 1.76 bits per heavy atom. The van der Waals surface area contributed by atoms with Crippen molar-refractivity contribution in [1.29, 1.82) is 0 Å². The number of carbonyl (C=O) groups excluding carboxylic acids is 1. The van der Waals surface area contributed by atoms with Crippen LogP contribution < -0.4 is 9.47 Å². The van der Waals surface area contributed by atoms with E-state index in [0.29, 0.717) is 28.9 Å². The standard InChI is InChI=1S/C24H18O5/c1-28-18-10-16(27)21-15(26)9-13-11-5-2-3-8-17(11)29-24-12-6-4-7-14(25)19(12)22(18)23(21)20(13)24/h2-8,10,13,20,24-25,27H,9H2,1H3/t13-,20-,24-/m1/s1. The largest absolute Gasteiger partial charge is 0.507 e. The average molecular weight is 386 g/mol. The molecule has 0 fully saturated rings. The summed E-state index contributed by atoms with van der Waals surface area (Å²) in [5.41, 5.74) is 4.20. The number of rotatable bonds is 1. The number of hydrogen-bond donors (Lipinski definition) is 2. The van der Waals surface area contributed by atoms with Crippen molar-refractivity contribution in [3.05, 3.63) is 70.8 Å². The second-order valence-corrected chi connectivity index (χ2v) is 7.84. The number of ether oxygens (including phenoxy) is 2. The lowest BCUT2D eigenvalue weighted by atomic mass is 9.61. The first-order valence-corrected chi connectivity index (χ1v) is 9.65. The van der Waals surface area contributed by atoms with Crippen molar-refractivity contribution < 1.29 is 24.5 Å². The zero-order valence-corrected chi connectivity index (χ0v) is 15.7. The maximum Gasteiger partial charge on any atom is 0.167 e. The van der Waals surface area contributed by atoms with Crippen molar-refractivity contribution >= 4 is 5.78 Å². The van der Waals surface area contributed by atoms with Crippen LogP contribution in [0.3, 0.4) is 0 Å². The lowest BCUT2D eigenvalue weighted by Gasteiger charge is -2.47. The minimum atomic E-state index is -0.358. The van der Waals surface area contributed by atoms with Crippen LogP contribution in [0.25, 0.3) is 11.1 Å². The Morgan fingerprint density at radius 1 is 0.966 bits per heavy atom. The van der Waals surface area contributed by atoms with Gasteiger partial charge in [-0.3, -0.25) is 4.79 Å². The third-order valence-corrected chi connectivity index (χ3v) is 6.51. The fourth-order valence-corrected chi connectivity index (χ4v) is 5.43. The normalized spacial score (nSPS) is 22.8. The Labute approximate surface area is 167 Å². The quantitative estimate of drug-likeness (QED) is 0.635. The molecule has 0 aromatic heterocycles. The monoisotopic (exact) mass is 386 g/mol. The number of carbonyl (C=O) groups is 1. The number of ketones is 1. The highest BCUT2D eigenvalue weighted by Gasteiger charge is 2.51. The van der Waals surface area contributed by atoms with Gasteiger partial charge in [-0.2, -0.15) is 0 Å². The molecule has 3 aromatic rings. The second-order valence-electron chi connectivity index (χ2n) is 7.84. The molecule has 5 nitrogen and oxygen atoms in total. The molecule has 3 aromatic carbocycles. The fourth-order valence-electron chi connectivity index (χ4n) is 5.43. The number of fused-ring (bicyclic) bond motifs is 5. The predicted octanol–water partition coefficient (Wildman–Crippen LogP) is 4.67. The van der Waals surface area contributed by atoms with Gasteiger partial charge in [0.25, 0.3) is 0 Å². The van der Waals surface area contributed by atoms with Crippen LogP contribution in [-0.2, 0) is 0 Å². The third kappa shape index (κ3) is 1.97. The molecule has 29 heavy (non-hydrogen) atoms. The predicted molar refractivity (Wildman–Crippen MR) is 106 cm³/mol. The van der Waals surface area contributed by atoms with Crippen molar-refractivity contribution in [2.24, 2.45) is 0 Å². The van der Waals surface area contributed by atoms with Crippen LogP contribution in [0.15, 0.2) is 48.5 Å². The van der Waals surface area contributed by atoms with Crippen LogP contribution in [-0.4, -0.2) is 23.1 Å². The molecule has 0 saturated heterocycles. The van der Waals surface area contributed by atoms with E-state index in [-0.39, 0.29) is 35.2 Å². The smallest absolute Gasteiger partial charge is 0.167 e. The molecule has 6 rings (SSSR count). The van der Waals surface area contributed by atoms with E-state index in [9.17, 15) is 15.0 Å². The van der Waals surface area contributed by atoms with Gasteiger partial charge in [0.05, 0.1) is 12.7 Å². The molecule has 0 bridgehead atoms. The molecule has 3 atom stereocenters. The van der Waals surface area contributed by atoms with Gasteiger partial charge in [-0.1, -0.05) is 30.3 Å². The highest BCUT2D eigenvalue weighted by Crippen LogP contribution is 2.64. The van der Waals surface area contributed by atoms with Gasteiger partial charge in [-0.05, 0) is 23.3 Å². The molecule has 0 amide bonds. The number of phenols is 2. The zero-order valence-electron chi connectivity index (χ0n) is 15.7. The van der Waals surface area contributed by atoms with Crippen LogP contribution in [0.1, 0.15) is 51.4 Å². The van der Waals surface area contributed by atoms with Crippen molar-refractivity contribution in [2.45, 2.75) is 24.4 Å². The minimum Gasteiger partial charge on any atom is -0.507 e. The first-order valence-electron chi connectivity index (χ1n) is 9.65. The number of aromatic hydroxyl groups is 2. The molecule has 2 aliphatic carbocycles. The molecule has 1 aliphatic heterocycles. The maximum atomic E-state index is 13.1. The molecule has 2 N–H and O–H groups in total. The van der Waals surface area contributed by atoms with E-state index in [4.69, 9.17) is 9.47 Å². The highest BCUT2D eigenvalue weighted by molar-refractivity contribution is 6.06. The third-order valence-electron chi connectivity index (χ3n) is 6.51. The summed E-state index contributed by atoms with van der Waals surface area (Å²) in [4.78, 5) is 13.1. The summed E-state index contributed by atoms with van der Waals surface area (Å²) < 4.78 is 12.0. The number of hydrogen-bond acceptors (Lipinski definition) is 5. The Morgan fingerprint density at radius 3 is 2.59 bits per heavy atom. The topological polar surface area (TPSA) is 76.0 Å². The van der Waals surface area contributed by atoms with Crippen LogP contribution in [0.4, 0.5) is 0 Å². The van der Waals surface area contributed by atoms with E-state index >= 15 is 0 Å². The Bertz CT molecular complexity index is 1210. The van der Waals surface area contributed by atoms with Crippen LogP contribution in [0, 0.1) is 0 Å². The van der Waals surface area contributed by atoms with Crippen molar-refractivity contribution in [3.63, 3.8) is 0 Å². The first-order chi connectivity index (χ1) is 14.1. The van der Waals surface area contributed by atoms with E-state index in [1.165, 1.54) is 13.2 Å². The number of Topliss-reactive ketones (excluding diaryl/α,β-unsaturated/α-hetero) is 1. The summed E-state index contributed by atoms with van der Waals surface area (Å²) in [6.45, 7) is 0. The second kappa shape index (κ2) is 5.54. The van der Waals surface area contributed by atoms with Crippen molar-refractivity contribution in [1.82, 2.24) is 0 Å². The molecule has 3 aliphatic rings. The lowest BCUT2D eigenvalue weighted by Crippen LogP contribution is -2.36. The summed E-state index contributed by atoms with van der Waals surface area (Å²) in [7, 11) is 1.53. The Hall–Kier alpha value is -3.47. The molecule has 5 heteroatoms. The lowest BCUT2D eigenvalue weighted by molar-refractivity contribution is 0.0868. The summed E-state index contributed by atoms with van der Waals surface area (Å²) in [5, 5.41) is 21.4. The number of phenolic OH excluding ortho intramolecular Hbond substituents is 2. The molecule has 0 unspecified atom stereocenters. The summed E-state index contributed by atoms with van der Waals surface area (Å²) in [5.74, 6) is 0.907. The van der Waals surface area contributed by atoms with E-state index in [0.717, 1.165) is 22.4 Å². The molecule has 0 radical (unpaired) electrons. The van der Waals surface area contributed by atoms with Crippen molar-refractivity contribution in [2.75, 3.05) is 7.11 Å². The summed E-state index contributed by atoms with van der Waals surface area (Å²) in [6, 6.07) is 14.7. The number of benzene rings is 3. The van der Waals surface area contributed by atoms with Crippen LogP contribution in [0.2, 0.25) is 0 Å². The molecular formula is C24H18O5. The van der Waals surface area contributed by atoms with Crippen molar-refractivity contribution in [3.8, 4) is 34.1 Å². The fraction of sp³-hybridized carbons (Fsp3) is 0.208. The van der Waals surface area contributed by atoms with E-state index in [2.05, 4.69) is 0 Å². The van der Waals surface area contributed by atoms with Gasteiger partial charge in [0.2, 0.25) is 0 Å². The zero-order chi connectivity index (χ0) is 19.9. The van der Waals surface area contributed by atoms with Gasteiger partial charge < -0.3 is 19.7 Å². The molecule has 144 valence electrons. The summed E-state index contributed by atoms with van der Waals surface area (Å²) in [6.07, 6.45) is -0.0509. The van der Waals surface area contributed by atoms with E-state index in [1.807, 2.05) is 30.3 Å². The van der Waals surface area contributed by atoms with Gasteiger partial charge in [-0.15, -0.1) is 0 Å². The first kappa shape index (κ1) is 16.5. The maximum absolute atomic E-state index is 13.1. The van der Waals surface area contributed by atoms with Crippen LogP contribution in [0.5, 0.6) is 23.0 Å². The number of para-hydroxylation sites is 1. The van der Waals surface area contributed by atoms with E-state index < -0.39 is 0 Å². The highest BCUT2D eigenvalue weighted by atomic mass is 16.5. The summed E-state index contributed by atoms with van der Waals surface area (Å²) >= 11 is 0. The Balaban J connectivity index is 1.78. The molecule has 0 spiro atoms. The average Bonchev–Trinajstić information content (AvgIpc) is 2.73. The molecule has 0 saturated carbocycles. The molecular weight excluding hydrogens is 368 g/mol. The minimum absolute atomic E-state index is 0.0642. The van der Waals surface area contributed by atoms with Crippen LogP contribution >= 0.6 is 0 Å².